The first-order valence-electron chi connectivity index (χ1n) is 25.5. The van der Waals surface area contributed by atoms with Gasteiger partial charge in [0.2, 0.25) is 0 Å². The lowest BCUT2D eigenvalue weighted by Crippen LogP contribution is -2.65. The van der Waals surface area contributed by atoms with Crippen LogP contribution in [0, 0.1) is 23.7 Å². The second-order valence-electron chi connectivity index (χ2n) is 21.0. The van der Waals surface area contributed by atoms with Gasteiger partial charge in [-0.2, -0.15) is 0 Å². The summed E-state index contributed by atoms with van der Waals surface area (Å²) in [6.07, 6.45) is -3.68. The van der Waals surface area contributed by atoms with E-state index < -0.39 is 127 Å². The standard InChI is InChI=1S/C51H88N2O16/c1-13-38-35(27-63-50-47(62-12)46(61-11)42(57)31(5)65-50)23-28(2)17-18-36(54)29(3)24-34(19-22-53-20-15-14-16-21-53)44(30(4)37(55)25-39(56)67-38)69-49-43(58)41(52(9)10)45(32(6)66-49)68-40-26-51(8,60)48(59)33(7)64-40/h17-18,23,29-35,37-38,40-50,55,57-60H,13-16,19-22,24-27H2,1-12H3/b18-17+,28-23+/t29-,30+,31-,32-,33+,34+,35-,37-,38-,40+,41-,42-,43-,44-,45-,46-,47-,48+,49+,50-,51-/m1/s1. The molecule has 0 saturated carbocycles. The maximum Gasteiger partial charge on any atom is 0.308 e. The van der Waals surface area contributed by atoms with E-state index in [1.165, 1.54) is 27.6 Å². The lowest BCUT2D eigenvalue weighted by atomic mass is 9.79. The van der Waals surface area contributed by atoms with Crippen LogP contribution in [0.5, 0.6) is 0 Å². The summed E-state index contributed by atoms with van der Waals surface area (Å²) in [4.78, 5) is 32.4. The summed E-state index contributed by atoms with van der Waals surface area (Å²) in [6, 6.07) is -0.686. The van der Waals surface area contributed by atoms with Crippen LogP contribution in [0.2, 0.25) is 0 Å². The monoisotopic (exact) mass is 985 g/mol. The third-order valence-electron chi connectivity index (χ3n) is 15.3. The predicted octanol–water partition coefficient (Wildman–Crippen LogP) is 3.12. The van der Waals surface area contributed by atoms with Crippen molar-refractivity contribution in [1.29, 1.82) is 0 Å². The lowest BCUT2D eigenvalue weighted by Gasteiger charge is -2.50. The molecule has 5 aliphatic heterocycles. The van der Waals surface area contributed by atoms with Crippen molar-refractivity contribution in [2.24, 2.45) is 23.7 Å². The molecule has 0 unspecified atom stereocenters. The average Bonchev–Trinajstić information content (AvgIpc) is 3.30. The molecule has 0 amide bonds. The van der Waals surface area contributed by atoms with Crippen molar-refractivity contribution in [2.45, 2.75) is 211 Å². The Hall–Kier alpha value is -1.98. The molecule has 0 aromatic rings. The average molecular weight is 985 g/mol. The van der Waals surface area contributed by atoms with Crippen molar-refractivity contribution in [3.8, 4) is 0 Å². The summed E-state index contributed by atoms with van der Waals surface area (Å²) >= 11 is 0. The minimum absolute atomic E-state index is 0.00347. The Morgan fingerprint density at radius 1 is 0.826 bits per heavy atom. The molecule has 0 radical (unpaired) electrons. The van der Waals surface area contributed by atoms with Crippen molar-refractivity contribution in [1.82, 2.24) is 9.80 Å². The second kappa shape index (κ2) is 26.3. The first-order chi connectivity index (χ1) is 32.6. The van der Waals surface area contributed by atoms with Gasteiger partial charge in [0.25, 0.3) is 0 Å². The topological polar surface area (TPSA) is 225 Å². The molecule has 18 heteroatoms. The number of ketones is 1. The number of rotatable bonds is 14. The molecule has 21 atom stereocenters. The number of ether oxygens (including phenoxy) is 9. The molecular formula is C51H88N2O16. The molecule has 0 bridgehead atoms. The first kappa shape index (κ1) is 57.9. The van der Waals surface area contributed by atoms with Gasteiger partial charge in [-0.05, 0) is 112 Å². The first-order valence-corrected chi connectivity index (χ1v) is 25.5. The number of carbonyl (C=O) groups excluding carboxylic acids is 2. The van der Waals surface area contributed by atoms with Gasteiger partial charge in [0.1, 0.15) is 42.7 Å². The number of nitrogens with zero attached hydrogens (tertiary/aromatic N) is 2. The fourth-order valence-electron chi connectivity index (χ4n) is 11.0. The van der Waals surface area contributed by atoms with Crippen LogP contribution >= 0.6 is 0 Å². The van der Waals surface area contributed by atoms with Gasteiger partial charge in [-0.15, -0.1) is 0 Å². The van der Waals surface area contributed by atoms with E-state index in [1.54, 1.807) is 26.0 Å². The zero-order chi connectivity index (χ0) is 50.9. The Morgan fingerprint density at radius 3 is 2.12 bits per heavy atom. The minimum Gasteiger partial charge on any atom is -0.462 e. The highest BCUT2D eigenvalue weighted by Crippen LogP contribution is 2.38. The highest BCUT2D eigenvalue weighted by Gasteiger charge is 2.52. The van der Waals surface area contributed by atoms with E-state index in [0.717, 1.165) is 38.0 Å². The minimum atomic E-state index is -1.47. The molecule has 5 rings (SSSR count). The quantitative estimate of drug-likeness (QED) is 0.158. The second-order valence-corrected chi connectivity index (χ2v) is 21.0. The third-order valence-corrected chi connectivity index (χ3v) is 15.3. The number of esters is 1. The predicted molar refractivity (Wildman–Crippen MR) is 255 cm³/mol. The fraction of sp³-hybridized carbons (Fsp3) is 0.882. The van der Waals surface area contributed by atoms with E-state index >= 15 is 0 Å². The molecule has 5 heterocycles. The van der Waals surface area contributed by atoms with Gasteiger partial charge in [0.05, 0.1) is 55.2 Å². The largest absolute Gasteiger partial charge is 0.462 e. The molecule has 69 heavy (non-hydrogen) atoms. The van der Waals surface area contributed by atoms with Crippen molar-refractivity contribution in [3.63, 3.8) is 0 Å². The van der Waals surface area contributed by atoms with E-state index in [1.807, 2.05) is 59.7 Å². The van der Waals surface area contributed by atoms with E-state index in [9.17, 15) is 35.1 Å². The number of methoxy groups -OCH3 is 2. The highest BCUT2D eigenvalue weighted by atomic mass is 16.7. The molecular weight excluding hydrogens is 897 g/mol. The molecule has 5 N–H and O–H groups in total. The van der Waals surface area contributed by atoms with Gasteiger partial charge >= 0.3 is 5.97 Å². The number of allylic oxidation sites excluding steroid dienone is 3. The van der Waals surface area contributed by atoms with Gasteiger partial charge in [-0.3, -0.25) is 9.59 Å². The van der Waals surface area contributed by atoms with E-state index in [4.69, 9.17) is 42.6 Å². The van der Waals surface area contributed by atoms with Gasteiger partial charge in [-0.25, -0.2) is 0 Å². The number of hydrogen-bond acceptors (Lipinski definition) is 18. The summed E-state index contributed by atoms with van der Waals surface area (Å²) in [7, 11) is 6.60. The Labute approximate surface area is 410 Å². The van der Waals surface area contributed by atoms with Crippen molar-refractivity contribution >= 4 is 11.8 Å². The number of piperidine rings is 1. The summed E-state index contributed by atoms with van der Waals surface area (Å²) in [5.41, 5.74) is -0.720. The zero-order valence-electron chi connectivity index (χ0n) is 43.4. The van der Waals surface area contributed by atoms with Gasteiger partial charge in [-0.1, -0.05) is 44.9 Å². The summed E-state index contributed by atoms with van der Waals surface area (Å²) in [6.45, 7) is 16.9. The highest BCUT2D eigenvalue weighted by molar-refractivity contribution is 5.91. The molecule has 18 nitrogen and oxygen atoms in total. The molecule has 4 saturated heterocycles. The number of likely N-dealkylation sites (N-methyl/N-ethyl adjacent to an activating group) is 1. The zero-order valence-corrected chi connectivity index (χ0v) is 43.4. The van der Waals surface area contributed by atoms with E-state index in [-0.39, 0.29) is 31.1 Å². The van der Waals surface area contributed by atoms with Crippen LogP contribution in [0.25, 0.3) is 0 Å². The molecule has 0 aromatic heterocycles. The van der Waals surface area contributed by atoms with E-state index in [0.29, 0.717) is 19.3 Å². The smallest absolute Gasteiger partial charge is 0.308 e. The SMILES string of the molecule is CC[C@H]1OC(=O)C[C@@H](O)[C@H](C)[C@@H](O[C@@H]2O[C@H](C)[C@@H](O[C@H]3C[C@@](C)(O)[C@@H](O)[C@H](C)O3)[C@H](N(C)C)[C@H]2O)[C@@H](CCN2CCCCC2)C[C@@H](C)C(=O)/C=C/C(C)=C/[C@@H]1CO[C@@H]1O[C@H](C)[C@@H](O)[C@@H](OC)[C@H]1OC. The van der Waals surface area contributed by atoms with Crippen molar-refractivity contribution < 1.29 is 77.8 Å². The molecule has 0 spiro atoms. The lowest BCUT2D eigenvalue weighted by molar-refractivity contribution is -0.342. The Morgan fingerprint density at radius 2 is 1.49 bits per heavy atom. The fourth-order valence-corrected chi connectivity index (χ4v) is 11.0. The van der Waals surface area contributed by atoms with Crippen LogP contribution in [-0.2, 0) is 52.2 Å². The van der Waals surface area contributed by atoms with Crippen molar-refractivity contribution in [2.75, 3.05) is 54.6 Å². The molecule has 0 aromatic carbocycles. The Kier molecular flexibility index (Phi) is 22.1. The van der Waals surface area contributed by atoms with Gasteiger partial charge < -0.3 is 78.0 Å². The van der Waals surface area contributed by atoms with Crippen LogP contribution < -0.4 is 0 Å². The summed E-state index contributed by atoms with van der Waals surface area (Å²) in [5.74, 6) is -2.72. The third kappa shape index (κ3) is 15.1. The Bertz CT molecular complexity index is 1660. The van der Waals surface area contributed by atoms with Crippen LogP contribution in [0.1, 0.15) is 107 Å². The molecule has 398 valence electrons. The summed E-state index contributed by atoms with van der Waals surface area (Å²) in [5, 5.41) is 56.6. The number of likely N-dealkylation sites (tertiary alicyclic amines) is 1. The van der Waals surface area contributed by atoms with Crippen LogP contribution in [0.3, 0.4) is 0 Å². The number of cyclic esters (lactones) is 1. The van der Waals surface area contributed by atoms with Gasteiger partial charge in [0, 0.05) is 38.4 Å². The number of aliphatic hydroxyl groups excluding tert-OH is 4. The summed E-state index contributed by atoms with van der Waals surface area (Å²) < 4.78 is 55.7. The molecule has 0 aliphatic carbocycles. The van der Waals surface area contributed by atoms with Gasteiger partial charge in [0.15, 0.2) is 24.7 Å². The maximum absolute atomic E-state index is 14.1. The molecule has 5 aliphatic rings. The number of aliphatic hydroxyl groups is 5. The van der Waals surface area contributed by atoms with Crippen LogP contribution in [0.4, 0.5) is 0 Å². The normalized spacial score (nSPS) is 45.2. The number of hydrogen-bond donors (Lipinski definition) is 5. The molecule has 4 fully saturated rings. The van der Waals surface area contributed by atoms with Crippen LogP contribution in [0.15, 0.2) is 23.8 Å². The Balaban J connectivity index is 1.44. The number of carbonyl (C=O) groups is 2. The van der Waals surface area contributed by atoms with E-state index in [2.05, 4.69) is 4.90 Å². The van der Waals surface area contributed by atoms with Crippen molar-refractivity contribution in [3.05, 3.63) is 23.8 Å². The maximum atomic E-state index is 14.1. The van der Waals surface area contributed by atoms with Crippen LogP contribution in [-0.4, -0.2) is 205 Å².